The van der Waals surface area contributed by atoms with Crippen LogP contribution in [0.3, 0.4) is 0 Å². The summed E-state index contributed by atoms with van der Waals surface area (Å²) >= 11 is 0. The normalized spacial score (nSPS) is 17.3. The summed E-state index contributed by atoms with van der Waals surface area (Å²) < 4.78 is 0. The first kappa shape index (κ1) is 19.4. The predicted molar refractivity (Wildman–Crippen MR) is 102 cm³/mol. The Hall–Kier alpha value is -2.41. The fraction of sp³-hybridized carbons (Fsp3) is 0.550. The molecule has 1 saturated carbocycles. The highest BCUT2D eigenvalue weighted by atomic mass is 16.3. The molecule has 1 aliphatic carbocycles. The summed E-state index contributed by atoms with van der Waals surface area (Å²) in [5.41, 5.74) is 2.10. The van der Waals surface area contributed by atoms with E-state index >= 15 is 0 Å². The summed E-state index contributed by atoms with van der Waals surface area (Å²) in [6.07, 6.45) is 3.51. The van der Waals surface area contributed by atoms with Gasteiger partial charge in [0.15, 0.2) is 0 Å². The lowest BCUT2D eigenvalue weighted by molar-refractivity contribution is -0.136. The minimum absolute atomic E-state index is 0.0133. The molecule has 146 valence electrons. The molecular formula is C20H27N3O4. The van der Waals surface area contributed by atoms with E-state index in [1.165, 1.54) is 0 Å². The molecule has 1 aromatic rings. The number of anilines is 2. The molecule has 1 aliphatic heterocycles. The molecule has 0 atom stereocenters. The van der Waals surface area contributed by atoms with Crippen LogP contribution in [0.4, 0.5) is 11.4 Å². The minimum Gasteiger partial charge on any atom is -0.396 e. The minimum atomic E-state index is -0.749. The lowest BCUT2D eigenvalue weighted by Crippen LogP contribution is -2.40. The van der Waals surface area contributed by atoms with Crippen LogP contribution in [-0.2, 0) is 20.8 Å². The van der Waals surface area contributed by atoms with Gasteiger partial charge in [0, 0.05) is 35.8 Å². The fourth-order valence-electron chi connectivity index (χ4n) is 3.30. The van der Waals surface area contributed by atoms with Crippen LogP contribution in [0.25, 0.3) is 0 Å². The molecule has 0 radical (unpaired) electrons. The van der Waals surface area contributed by atoms with Gasteiger partial charge in [-0.25, -0.2) is 0 Å². The molecule has 1 fully saturated rings. The molecule has 0 spiro atoms. The maximum Gasteiger partial charge on any atom is 0.313 e. The van der Waals surface area contributed by atoms with Crippen molar-refractivity contribution in [1.29, 1.82) is 0 Å². The predicted octanol–water partition coefficient (Wildman–Crippen LogP) is 1.45. The number of rotatable bonds is 5. The SMILES string of the molecule is CC(C)C(=O)N1CCCc2ccc(NC(=O)C(=O)NCC3(CO)CC3)cc21. The summed E-state index contributed by atoms with van der Waals surface area (Å²) in [6, 6.07) is 5.41. The molecular weight excluding hydrogens is 346 g/mol. The van der Waals surface area contributed by atoms with E-state index in [9.17, 15) is 19.5 Å². The fourth-order valence-corrected chi connectivity index (χ4v) is 3.30. The Kier molecular flexibility index (Phi) is 5.51. The maximum absolute atomic E-state index is 12.5. The van der Waals surface area contributed by atoms with Crippen LogP contribution in [0.1, 0.15) is 38.7 Å². The van der Waals surface area contributed by atoms with Gasteiger partial charge < -0.3 is 20.6 Å². The molecule has 0 unspecified atom stereocenters. The Morgan fingerprint density at radius 2 is 1.96 bits per heavy atom. The number of carbonyl (C=O) groups excluding carboxylic acids is 3. The Morgan fingerprint density at radius 1 is 1.22 bits per heavy atom. The number of carbonyl (C=O) groups is 3. The second-order valence-corrected chi connectivity index (χ2v) is 7.89. The monoisotopic (exact) mass is 373 g/mol. The third kappa shape index (κ3) is 4.30. The second kappa shape index (κ2) is 7.68. The number of hydrogen-bond donors (Lipinski definition) is 3. The standard InChI is InChI=1S/C20H27N3O4/c1-13(2)19(27)23-9-3-4-14-5-6-15(10-16(14)23)22-18(26)17(25)21-11-20(12-24)7-8-20/h5-6,10,13,24H,3-4,7-9,11-12H2,1-2H3,(H,21,25)(H,22,26). The number of nitrogens with one attached hydrogen (secondary N) is 2. The Balaban J connectivity index is 1.67. The number of aliphatic hydroxyl groups is 1. The topological polar surface area (TPSA) is 98.7 Å². The highest BCUT2D eigenvalue weighted by Crippen LogP contribution is 2.44. The van der Waals surface area contributed by atoms with Crippen LogP contribution in [-0.4, -0.2) is 42.5 Å². The Morgan fingerprint density at radius 3 is 2.59 bits per heavy atom. The van der Waals surface area contributed by atoms with Crippen molar-refractivity contribution in [3.8, 4) is 0 Å². The zero-order chi connectivity index (χ0) is 19.6. The smallest absolute Gasteiger partial charge is 0.313 e. The van der Waals surface area contributed by atoms with Gasteiger partial charge in [-0.15, -0.1) is 0 Å². The highest BCUT2D eigenvalue weighted by molar-refractivity contribution is 6.39. The summed E-state index contributed by atoms with van der Waals surface area (Å²) in [4.78, 5) is 38.4. The number of aliphatic hydroxyl groups excluding tert-OH is 1. The van der Waals surface area contributed by atoms with Gasteiger partial charge in [-0.1, -0.05) is 19.9 Å². The molecule has 3 N–H and O–H groups in total. The van der Waals surface area contributed by atoms with Gasteiger partial charge in [-0.05, 0) is 43.4 Å². The Labute approximate surface area is 159 Å². The van der Waals surface area contributed by atoms with Gasteiger partial charge in [0.2, 0.25) is 5.91 Å². The highest BCUT2D eigenvalue weighted by Gasteiger charge is 2.42. The average Bonchev–Trinajstić information content (AvgIpc) is 3.45. The van der Waals surface area contributed by atoms with Gasteiger partial charge >= 0.3 is 11.8 Å². The number of aryl methyl sites for hydroxylation is 1. The third-order valence-corrected chi connectivity index (χ3v) is 5.34. The van der Waals surface area contributed by atoms with Crippen LogP contribution in [0.15, 0.2) is 18.2 Å². The van der Waals surface area contributed by atoms with Gasteiger partial charge in [-0.3, -0.25) is 14.4 Å². The number of fused-ring (bicyclic) bond motifs is 1. The maximum atomic E-state index is 12.5. The quantitative estimate of drug-likeness (QED) is 0.680. The molecule has 7 heteroatoms. The van der Waals surface area contributed by atoms with Gasteiger partial charge in [0.1, 0.15) is 0 Å². The number of hydrogen-bond acceptors (Lipinski definition) is 4. The van der Waals surface area contributed by atoms with E-state index in [2.05, 4.69) is 10.6 Å². The molecule has 3 amide bonds. The molecule has 1 aromatic carbocycles. The van der Waals surface area contributed by atoms with Crippen molar-refractivity contribution in [1.82, 2.24) is 5.32 Å². The van der Waals surface area contributed by atoms with Crippen molar-refractivity contribution in [2.24, 2.45) is 11.3 Å². The molecule has 2 aliphatic rings. The van der Waals surface area contributed by atoms with Gasteiger partial charge in [0.25, 0.3) is 0 Å². The van der Waals surface area contributed by atoms with E-state index in [-0.39, 0.29) is 23.8 Å². The summed E-state index contributed by atoms with van der Waals surface area (Å²) in [6.45, 7) is 4.71. The molecule has 27 heavy (non-hydrogen) atoms. The van der Waals surface area contributed by atoms with Gasteiger partial charge in [-0.2, -0.15) is 0 Å². The molecule has 0 saturated heterocycles. The van der Waals surface area contributed by atoms with Crippen molar-refractivity contribution >= 4 is 29.1 Å². The van der Waals surface area contributed by atoms with E-state index < -0.39 is 11.8 Å². The van der Waals surface area contributed by atoms with Crippen molar-refractivity contribution in [3.63, 3.8) is 0 Å². The van der Waals surface area contributed by atoms with E-state index in [1.54, 1.807) is 17.0 Å². The van der Waals surface area contributed by atoms with Crippen molar-refractivity contribution in [3.05, 3.63) is 23.8 Å². The summed E-state index contributed by atoms with van der Waals surface area (Å²) in [5, 5.41) is 14.5. The first-order chi connectivity index (χ1) is 12.8. The van der Waals surface area contributed by atoms with E-state index in [0.717, 1.165) is 36.9 Å². The molecule has 0 bridgehead atoms. The third-order valence-electron chi connectivity index (χ3n) is 5.34. The molecule has 7 nitrogen and oxygen atoms in total. The van der Waals surface area contributed by atoms with Crippen molar-refractivity contribution < 1.29 is 19.5 Å². The van der Waals surface area contributed by atoms with Crippen molar-refractivity contribution in [2.45, 2.75) is 39.5 Å². The van der Waals surface area contributed by atoms with Crippen molar-refractivity contribution in [2.75, 3.05) is 29.9 Å². The van der Waals surface area contributed by atoms with E-state index in [0.29, 0.717) is 18.8 Å². The lowest BCUT2D eigenvalue weighted by Gasteiger charge is -2.31. The average molecular weight is 373 g/mol. The Bertz CT molecular complexity index is 756. The number of amides is 3. The number of nitrogens with zero attached hydrogens (tertiary/aromatic N) is 1. The first-order valence-electron chi connectivity index (χ1n) is 9.49. The number of benzene rings is 1. The van der Waals surface area contributed by atoms with E-state index in [1.807, 2.05) is 19.9 Å². The molecule has 1 heterocycles. The van der Waals surface area contributed by atoms with Crippen LogP contribution in [0, 0.1) is 11.3 Å². The van der Waals surface area contributed by atoms with Gasteiger partial charge in [0.05, 0.1) is 6.61 Å². The van der Waals surface area contributed by atoms with Crippen LogP contribution < -0.4 is 15.5 Å². The largest absolute Gasteiger partial charge is 0.396 e. The zero-order valence-electron chi connectivity index (χ0n) is 15.9. The second-order valence-electron chi connectivity index (χ2n) is 7.89. The summed E-state index contributed by atoms with van der Waals surface area (Å²) in [7, 11) is 0. The molecule has 3 rings (SSSR count). The lowest BCUT2D eigenvalue weighted by atomic mass is 9.99. The van der Waals surface area contributed by atoms with Crippen LogP contribution in [0.2, 0.25) is 0 Å². The summed E-state index contributed by atoms with van der Waals surface area (Å²) in [5.74, 6) is -1.53. The molecule has 0 aromatic heterocycles. The zero-order valence-corrected chi connectivity index (χ0v) is 15.9. The van der Waals surface area contributed by atoms with E-state index in [4.69, 9.17) is 0 Å². The van der Waals surface area contributed by atoms with Crippen LogP contribution in [0.5, 0.6) is 0 Å². The van der Waals surface area contributed by atoms with Crippen LogP contribution >= 0.6 is 0 Å². The first-order valence-corrected chi connectivity index (χ1v) is 9.49.